The molecule has 4 nitrogen and oxygen atoms in total. The lowest BCUT2D eigenvalue weighted by Crippen LogP contribution is -2.30. The number of hydrogen-bond acceptors (Lipinski definition) is 5. The maximum atomic E-state index is 5.84. The molecule has 5 heteroatoms. The lowest BCUT2D eigenvalue weighted by molar-refractivity contribution is 0.239. The zero-order valence-electron chi connectivity index (χ0n) is 9.78. The van der Waals surface area contributed by atoms with Crippen LogP contribution in [-0.4, -0.2) is 28.5 Å². The van der Waals surface area contributed by atoms with Gasteiger partial charge in [0.1, 0.15) is 6.33 Å². The van der Waals surface area contributed by atoms with E-state index in [9.17, 15) is 0 Å². The van der Waals surface area contributed by atoms with Crippen molar-refractivity contribution in [3.05, 3.63) is 46.7 Å². The summed E-state index contributed by atoms with van der Waals surface area (Å²) in [4.78, 5) is 11.7. The monoisotopic (exact) mass is 248 g/mol. The van der Waals surface area contributed by atoms with Crippen LogP contribution in [0.1, 0.15) is 16.6 Å². The fourth-order valence-electron chi connectivity index (χ4n) is 1.78. The minimum absolute atomic E-state index is 0.139. The molecule has 1 atom stereocenters. The van der Waals surface area contributed by atoms with Gasteiger partial charge in [0, 0.05) is 24.2 Å². The molecule has 0 saturated carbocycles. The first-order valence-electron chi connectivity index (χ1n) is 5.50. The summed E-state index contributed by atoms with van der Waals surface area (Å²) >= 11 is 1.76. The summed E-state index contributed by atoms with van der Waals surface area (Å²) in [5, 5.41) is 2.09. The molecule has 90 valence electrons. The minimum atomic E-state index is 0.139. The lowest BCUT2D eigenvalue weighted by atomic mass is 10.1. The SMILES string of the molecule is CN(Cc1cccs1)C(CN)c1ccncn1. The fraction of sp³-hybridized carbons (Fsp3) is 0.333. The Labute approximate surface area is 105 Å². The normalized spacial score (nSPS) is 12.9. The van der Waals surface area contributed by atoms with E-state index >= 15 is 0 Å². The Morgan fingerprint density at radius 2 is 2.35 bits per heavy atom. The van der Waals surface area contributed by atoms with Crippen LogP contribution >= 0.6 is 11.3 Å². The second-order valence-electron chi connectivity index (χ2n) is 3.88. The van der Waals surface area contributed by atoms with E-state index in [0.717, 1.165) is 12.2 Å². The molecule has 0 fully saturated rings. The first-order valence-corrected chi connectivity index (χ1v) is 6.38. The summed E-state index contributed by atoms with van der Waals surface area (Å²) in [7, 11) is 2.07. The fourth-order valence-corrected chi connectivity index (χ4v) is 2.55. The molecule has 2 rings (SSSR count). The van der Waals surface area contributed by atoms with Gasteiger partial charge in [-0.15, -0.1) is 11.3 Å². The molecule has 0 radical (unpaired) electrons. The summed E-state index contributed by atoms with van der Waals surface area (Å²) in [6, 6.07) is 6.26. The van der Waals surface area contributed by atoms with Crippen molar-refractivity contribution in [2.24, 2.45) is 5.73 Å². The van der Waals surface area contributed by atoms with Crippen LogP contribution in [0.4, 0.5) is 0 Å². The van der Waals surface area contributed by atoms with Crippen molar-refractivity contribution in [3.63, 3.8) is 0 Å². The molecule has 0 aliphatic carbocycles. The van der Waals surface area contributed by atoms with Crippen LogP contribution in [-0.2, 0) is 6.54 Å². The van der Waals surface area contributed by atoms with Gasteiger partial charge < -0.3 is 5.73 Å². The number of nitrogens with two attached hydrogens (primary N) is 1. The average molecular weight is 248 g/mol. The van der Waals surface area contributed by atoms with Crippen LogP contribution in [0.15, 0.2) is 36.1 Å². The number of thiophene rings is 1. The van der Waals surface area contributed by atoms with Gasteiger partial charge in [0.15, 0.2) is 0 Å². The molecule has 2 N–H and O–H groups in total. The van der Waals surface area contributed by atoms with Crippen LogP contribution in [0.3, 0.4) is 0 Å². The maximum Gasteiger partial charge on any atom is 0.115 e. The molecule has 0 amide bonds. The second-order valence-corrected chi connectivity index (χ2v) is 4.91. The highest BCUT2D eigenvalue weighted by molar-refractivity contribution is 7.09. The second kappa shape index (κ2) is 5.86. The molecule has 0 bridgehead atoms. The Morgan fingerprint density at radius 3 is 2.94 bits per heavy atom. The standard InChI is InChI=1S/C12H16N4S/c1-16(8-10-3-2-6-17-10)12(7-13)11-4-5-14-9-15-11/h2-6,9,12H,7-8,13H2,1H3. The van der Waals surface area contributed by atoms with E-state index in [1.54, 1.807) is 23.9 Å². The van der Waals surface area contributed by atoms with Crippen molar-refractivity contribution in [3.8, 4) is 0 Å². The van der Waals surface area contributed by atoms with E-state index in [2.05, 4.69) is 39.4 Å². The minimum Gasteiger partial charge on any atom is -0.329 e. The van der Waals surface area contributed by atoms with E-state index < -0.39 is 0 Å². The van der Waals surface area contributed by atoms with Gasteiger partial charge in [0.2, 0.25) is 0 Å². The molecule has 0 saturated heterocycles. The number of rotatable bonds is 5. The number of aromatic nitrogens is 2. The molecule has 0 aliphatic rings. The largest absolute Gasteiger partial charge is 0.329 e. The maximum absolute atomic E-state index is 5.84. The predicted molar refractivity (Wildman–Crippen MR) is 69.6 cm³/mol. The number of likely N-dealkylation sites (N-methyl/N-ethyl adjacent to an activating group) is 1. The van der Waals surface area contributed by atoms with Crippen molar-refractivity contribution < 1.29 is 0 Å². The third-order valence-electron chi connectivity index (χ3n) is 2.69. The Balaban J connectivity index is 2.08. The van der Waals surface area contributed by atoms with Crippen molar-refractivity contribution in [1.29, 1.82) is 0 Å². The molecular formula is C12H16N4S. The van der Waals surface area contributed by atoms with Gasteiger partial charge >= 0.3 is 0 Å². The summed E-state index contributed by atoms with van der Waals surface area (Å²) in [5.74, 6) is 0. The highest BCUT2D eigenvalue weighted by Crippen LogP contribution is 2.19. The van der Waals surface area contributed by atoms with Crippen LogP contribution in [0.5, 0.6) is 0 Å². The molecule has 0 aromatic carbocycles. The Morgan fingerprint density at radius 1 is 1.47 bits per heavy atom. The van der Waals surface area contributed by atoms with E-state index in [0.29, 0.717) is 6.54 Å². The zero-order chi connectivity index (χ0) is 12.1. The van der Waals surface area contributed by atoms with Gasteiger partial charge in [-0.25, -0.2) is 9.97 Å². The van der Waals surface area contributed by atoms with E-state index in [4.69, 9.17) is 5.73 Å². The first-order chi connectivity index (χ1) is 8.31. The van der Waals surface area contributed by atoms with Crippen molar-refractivity contribution in [2.75, 3.05) is 13.6 Å². The van der Waals surface area contributed by atoms with Crippen molar-refractivity contribution in [1.82, 2.24) is 14.9 Å². The highest BCUT2D eigenvalue weighted by Gasteiger charge is 2.16. The summed E-state index contributed by atoms with van der Waals surface area (Å²) in [6.45, 7) is 1.45. The number of hydrogen-bond donors (Lipinski definition) is 1. The summed E-state index contributed by atoms with van der Waals surface area (Å²) in [5.41, 5.74) is 6.81. The molecular weight excluding hydrogens is 232 g/mol. The average Bonchev–Trinajstić information content (AvgIpc) is 2.84. The van der Waals surface area contributed by atoms with Gasteiger partial charge in [-0.2, -0.15) is 0 Å². The van der Waals surface area contributed by atoms with Crippen LogP contribution in [0.25, 0.3) is 0 Å². The van der Waals surface area contributed by atoms with E-state index in [1.165, 1.54) is 4.88 Å². The van der Waals surface area contributed by atoms with Crippen LogP contribution in [0.2, 0.25) is 0 Å². The topological polar surface area (TPSA) is 55.0 Å². The molecule has 1 unspecified atom stereocenters. The molecule has 0 spiro atoms. The molecule has 2 aromatic rings. The van der Waals surface area contributed by atoms with Gasteiger partial charge in [0.25, 0.3) is 0 Å². The van der Waals surface area contributed by atoms with Gasteiger partial charge in [-0.3, -0.25) is 4.90 Å². The Hall–Kier alpha value is -1.30. The van der Waals surface area contributed by atoms with E-state index in [1.807, 2.05) is 6.07 Å². The Bertz CT molecular complexity index is 429. The quantitative estimate of drug-likeness (QED) is 0.874. The van der Waals surface area contributed by atoms with Crippen LogP contribution in [0, 0.1) is 0 Å². The summed E-state index contributed by atoms with van der Waals surface area (Å²) in [6.07, 6.45) is 3.32. The predicted octanol–water partition coefficient (Wildman–Crippen LogP) is 1.67. The van der Waals surface area contributed by atoms with Gasteiger partial charge in [0.05, 0.1) is 11.7 Å². The highest BCUT2D eigenvalue weighted by atomic mass is 32.1. The van der Waals surface area contributed by atoms with Crippen molar-refractivity contribution in [2.45, 2.75) is 12.6 Å². The molecule has 0 aliphatic heterocycles. The molecule has 2 aromatic heterocycles. The van der Waals surface area contributed by atoms with Gasteiger partial charge in [-0.1, -0.05) is 6.07 Å². The first kappa shape index (κ1) is 12.2. The third kappa shape index (κ3) is 3.09. The lowest BCUT2D eigenvalue weighted by Gasteiger charge is -2.25. The third-order valence-corrected chi connectivity index (χ3v) is 3.55. The molecule has 17 heavy (non-hydrogen) atoms. The Kier molecular flexibility index (Phi) is 4.19. The van der Waals surface area contributed by atoms with Crippen LogP contribution < -0.4 is 5.73 Å². The van der Waals surface area contributed by atoms with Crippen molar-refractivity contribution >= 4 is 11.3 Å². The molecule has 2 heterocycles. The summed E-state index contributed by atoms with van der Waals surface area (Å²) < 4.78 is 0. The zero-order valence-corrected chi connectivity index (χ0v) is 10.6. The van der Waals surface area contributed by atoms with E-state index in [-0.39, 0.29) is 6.04 Å². The number of nitrogens with zero attached hydrogens (tertiary/aromatic N) is 3. The smallest absolute Gasteiger partial charge is 0.115 e. The van der Waals surface area contributed by atoms with Gasteiger partial charge in [-0.05, 0) is 24.6 Å².